The number of ether oxygens (including phenoxy) is 1. The van der Waals surface area contributed by atoms with Crippen LogP contribution in [0.1, 0.15) is 31.4 Å². The summed E-state index contributed by atoms with van der Waals surface area (Å²) in [4.78, 5) is 32.5. The van der Waals surface area contributed by atoms with Crippen LogP contribution in [0.2, 0.25) is 0 Å². The molecule has 2 amide bonds. The van der Waals surface area contributed by atoms with E-state index >= 15 is 0 Å². The second kappa shape index (κ2) is 8.31. The van der Waals surface area contributed by atoms with Crippen LogP contribution >= 0.6 is 11.3 Å². The predicted molar refractivity (Wildman–Crippen MR) is 118 cm³/mol. The van der Waals surface area contributed by atoms with Gasteiger partial charge in [0.2, 0.25) is 0 Å². The van der Waals surface area contributed by atoms with Gasteiger partial charge in [-0.25, -0.2) is 4.98 Å². The Bertz CT molecular complexity index is 1280. The van der Waals surface area contributed by atoms with Crippen LogP contribution in [0.25, 0.3) is 11.3 Å². The van der Waals surface area contributed by atoms with Gasteiger partial charge in [0.15, 0.2) is 5.13 Å². The molecule has 1 aromatic carbocycles. The summed E-state index contributed by atoms with van der Waals surface area (Å²) < 4.78 is 10.3. The van der Waals surface area contributed by atoms with Gasteiger partial charge in [-0.1, -0.05) is 23.5 Å². The first-order valence-electron chi connectivity index (χ1n) is 9.92. The van der Waals surface area contributed by atoms with Crippen LogP contribution in [0.4, 0.5) is 5.13 Å². The lowest BCUT2D eigenvalue weighted by molar-refractivity contribution is 0.0730. The Labute approximate surface area is 187 Å². The molecule has 0 saturated carbocycles. The van der Waals surface area contributed by atoms with Crippen molar-refractivity contribution in [2.24, 2.45) is 0 Å². The van der Waals surface area contributed by atoms with Crippen LogP contribution in [-0.4, -0.2) is 45.6 Å². The Hall–Kier alpha value is -3.92. The topological polar surface area (TPSA) is 113 Å². The lowest BCUT2D eigenvalue weighted by atomic mass is 10.1. The monoisotopic (exact) mass is 449 g/mol. The lowest BCUT2D eigenvalue weighted by Crippen LogP contribution is -2.35. The molecule has 162 valence electrons. The second-order valence-electron chi connectivity index (χ2n) is 7.20. The maximum Gasteiger partial charge on any atom is 0.272 e. The van der Waals surface area contributed by atoms with Crippen LogP contribution in [0.3, 0.4) is 0 Å². The molecule has 4 heterocycles. The van der Waals surface area contributed by atoms with E-state index < -0.39 is 0 Å². The van der Waals surface area contributed by atoms with Gasteiger partial charge in [0, 0.05) is 23.4 Å². The molecule has 32 heavy (non-hydrogen) atoms. The molecule has 0 atom stereocenters. The summed E-state index contributed by atoms with van der Waals surface area (Å²) in [6.07, 6.45) is 3.44. The number of aromatic nitrogens is 3. The molecule has 1 aliphatic rings. The van der Waals surface area contributed by atoms with Crippen LogP contribution in [0.5, 0.6) is 5.75 Å². The summed E-state index contributed by atoms with van der Waals surface area (Å²) in [5.41, 5.74) is 3.20. The highest BCUT2D eigenvalue weighted by Crippen LogP contribution is 2.31. The standard InChI is InChI=1S/C22H19N5O4S/c1-30-18-5-3-2-4-14(18)16-10-17(26-25-16)21(29)27-8-6-15-19(11-27)32-22(23-15)24-20(28)13-7-9-31-12-13/h2-5,7,9-10,12H,6,8,11H2,1H3,(H,25,26)(H,23,24,28). The SMILES string of the molecule is COc1ccccc1-c1cc(C(=O)N2CCc3nc(NC(=O)c4ccoc4)sc3C2)[nH]n1. The molecule has 1 aliphatic heterocycles. The number of methoxy groups -OCH3 is 1. The van der Waals surface area contributed by atoms with E-state index in [-0.39, 0.29) is 11.8 Å². The van der Waals surface area contributed by atoms with Crippen molar-refractivity contribution in [2.45, 2.75) is 13.0 Å². The van der Waals surface area contributed by atoms with Gasteiger partial charge in [0.05, 0.1) is 36.9 Å². The highest BCUT2D eigenvalue weighted by molar-refractivity contribution is 7.15. The minimum absolute atomic E-state index is 0.137. The number of carbonyl (C=O) groups excluding carboxylic acids is 2. The molecule has 2 N–H and O–H groups in total. The van der Waals surface area contributed by atoms with Crippen LogP contribution in [0, 0.1) is 0 Å². The Morgan fingerprint density at radius 2 is 2.16 bits per heavy atom. The van der Waals surface area contributed by atoms with E-state index in [0.717, 1.165) is 16.1 Å². The van der Waals surface area contributed by atoms with E-state index in [1.165, 1.54) is 23.9 Å². The molecule has 0 aliphatic carbocycles. The zero-order valence-corrected chi connectivity index (χ0v) is 17.9. The summed E-state index contributed by atoms with van der Waals surface area (Å²) in [5, 5.41) is 10.4. The molecule has 3 aromatic heterocycles. The summed E-state index contributed by atoms with van der Waals surface area (Å²) >= 11 is 1.37. The molecule has 5 rings (SSSR count). The van der Waals surface area contributed by atoms with Crippen molar-refractivity contribution in [1.29, 1.82) is 0 Å². The van der Waals surface area contributed by atoms with E-state index in [2.05, 4.69) is 20.5 Å². The number of fused-ring (bicyclic) bond motifs is 1. The number of aromatic amines is 1. The largest absolute Gasteiger partial charge is 0.496 e. The molecule has 0 fully saturated rings. The van der Waals surface area contributed by atoms with Crippen molar-refractivity contribution in [2.75, 3.05) is 19.0 Å². The number of anilines is 1. The van der Waals surface area contributed by atoms with Gasteiger partial charge in [0.1, 0.15) is 17.7 Å². The van der Waals surface area contributed by atoms with Crippen molar-refractivity contribution in [3.63, 3.8) is 0 Å². The van der Waals surface area contributed by atoms with E-state index in [1.54, 1.807) is 24.1 Å². The fraction of sp³-hybridized carbons (Fsp3) is 0.182. The minimum Gasteiger partial charge on any atom is -0.496 e. The molecule has 9 nitrogen and oxygen atoms in total. The molecular formula is C22H19N5O4S. The number of rotatable bonds is 5. The Morgan fingerprint density at radius 1 is 1.28 bits per heavy atom. The number of nitrogens with one attached hydrogen (secondary N) is 2. The van der Waals surface area contributed by atoms with Crippen molar-refractivity contribution in [3.05, 3.63) is 70.8 Å². The first-order chi connectivity index (χ1) is 15.6. The zero-order valence-electron chi connectivity index (χ0n) is 17.1. The molecule has 0 bridgehead atoms. The van der Waals surface area contributed by atoms with Crippen LogP contribution in [0.15, 0.2) is 53.3 Å². The van der Waals surface area contributed by atoms with Gasteiger partial charge >= 0.3 is 0 Å². The van der Waals surface area contributed by atoms with Crippen molar-refractivity contribution < 1.29 is 18.7 Å². The zero-order chi connectivity index (χ0) is 22.1. The van der Waals surface area contributed by atoms with E-state index in [0.29, 0.717) is 47.3 Å². The third-order valence-electron chi connectivity index (χ3n) is 5.21. The summed E-state index contributed by atoms with van der Waals surface area (Å²) in [6, 6.07) is 10.9. The average Bonchev–Trinajstić information content (AvgIpc) is 3.58. The molecular weight excluding hydrogens is 430 g/mol. The third-order valence-corrected chi connectivity index (χ3v) is 6.21. The van der Waals surface area contributed by atoms with Crippen molar-refractivity contribution in [1.82, 2.24) is 20.1 Å². The minimum atomic E-state index is -0.279. The number of nitrogens with zero attached hydrogens (tertiary/aromatic N) is 3. The number of benzene rings is 1. The number of thiazole rings is 1. The second-order valence-corrected chi connectivity index (χ2v) is 8.28. The maximum absolute atomic E-state index is 13.1. The third kappa shape index (κ3) is 3.76. The van der Waals surface area contributed by atoms with E-state index in [4.69, 9.17) is 9.15 Å². The molecule has 10 heteroatoms. The quantitative estimate of drug-likeness (QED) is 0.481. The normalized spacial score (nSPS) is 13.0. The number of hydrogen-bond acceptors (Lipinski definition) is 7. The number of furan rings is 1. The fourth-order valence-electron chi connectivity index (χ4n) is 3.58. The highest BCUT2D eigenvalue weighted by Gasteiger charge is 2.27. The van der Waals surface area contributed by atoms with E-state index in [1.807, 2.05) is 24.3 Å². The molecule has 0 unspecified atom stereocenters. The Morgan fingerprint density at radius 3 is 2.97 bits per heavy atom. The lowest BCUT2D eigenvalue weighted by Gasteiger charge is -2.25. The summed E-state index contributed by atoms with van der Waals surface area (Å²) in [5.74, 6) is 0.274. The number of carbonyl (C=O) groups is 2. The van der Waals surface area contributed by atoms with Gasteiger partial charge in [-0.05, 0) is 24.3 Å². The molecule has 0 saturated heterocycles. The van der Waals surface area contributed by atoms with Gasteiger partial charge in [0.25, 0.3) is 11.8 Å². The van der Waals surface area contributed by atoms with Crippen LogP contribution in [-0.2, 0) is 13.0 Å². The van der Waals surface area contributed by atoms with Crippen LogP contribution < -0.4 is 10.1 Å². The van der Waals surface area contributed by atoms with Gasteiger partial charge in [-0.15, -0.1) is 0 Å². The molecule has 0 radical (unpaired) electrons. The first kappa shape index (κ1) is 20.0. The van der Waals surface area contributed by atoms with E-state index in [9.17, 15) is 9.59 Å². The fourth-order valence-corrected chi connectivity index (χ4v) is 4.60. The van der Waals surface area contributed by atoms with Gasteiger partial charge in [-0.3, -0.25) is 20.0 Å². The first-order valence-corrected chi connectivity index (χ1v) is 10.7. The Kier molecular flexibility index (Phi) is 5.20. The predicted octanol–water partition coefficient (Wildman–Crippen LogP) is 3.59. The molecule has 0 spiro atoms. The summed E-state index contributed by atoms with van der Waals surface area (Å²) in [6.45, 7) is 0.962. The van der Waals surface area contributed by atoms with Gasteiger partial charge < -0.3 is 14.1 Å². The number of para-hydroxylation sites is 1. The maximum atomic E-state index is 13.1. The smallest absolute Gasteiger partial charge is 0.272 e. The highest BCUT2D eigenvalue weighted by atomic mass is 32.1. The number of hydrogen-bond donors (Lipinski definition) is 2. The molecule has 4 aromatic rings. The van der Waals surface area contributed by atoms with Crippen molar-refractivity contribution in [3.8, 4) is 17.0 Å². The summed E-state index contributed by atoms with van der Waals surface area (Å²) in [7, 11) is 1.60. The Balaban J connectivity index is 1.30. The average molecular weight is 449 g/mol. The number of amides is 2. The number of H-pyrrole nitrogens is 1. The van der Waals surface area contributed by atoms with Crippen molar-refractivity contribution >= 4 is 28.3 Å². The van der Waals surface area contributed by atoms with Gasteiger partial charge in [-0.2, -0.15) is 5.10 Å².